The van der Waals surface area contributed by atoms with E-state index in [4.69, 9.17) is 9.47 Å². The summed E-state index contributed by atoms with van der Waals surface area (Å²) in [5.74, 6) is -0.444. The Morgan fingerprint density at radius 1 is 1.23 bits per heavy atom. The maximum absolute atomic E-state index is 13.2. The zero-order chi connectivity index (χ0) is 15.7. The first kappa shape index (κ1) is 14.0. The molecular weight excluding hydrogens is 287 g/mol. The molecule has 4 nitrogen and oxygen atoms in total. The first-order valence-corrected chi connectivity index (χ1v) is 6.55. The third-order valence-corrected chi connectivity index (χ3v) is 3.05. The molecule has 2 aromatic rings. The Balaban J connectivity index is 1.92. The van der Waals surface area contributed by atoms with Crippen molar-refractivity contribution in [3.05, 3.63) is 65.2 Å². The first-order valence-electron chi connectivity index (χ1n) is 6.55. The molecule has 0 atom stereocenters. The van der Waals surface area contributed by atoms with Gasteiger partial charge in [-0.05, 0) is 35.9 Å². The smallest absolute Gasteiger partial charge is 0.308 e. The molecule has 0 spiro atoms. The Labute approximate surface area is 125 Å². The average Bonchev–Trinajstić information content (AvgIpc) is 2.74. The van der Waals surface area contributed by atoms with E-state index in [2.05, 4.69) is 0 Å². The lowest BCUT2D eigenvalue weighted by molar-refractivity contribution is -0.131. The number of hydrogen-bond donors (Lipinski definition) is 0. The van der Waals surface area contributed by atoms with Crippen molar-refractivity contribution in [2.24, 2.45) is 0 Å². The van der Waals surface area contributed by atoms with E-state index in [1.54, 1.807) is 12.1 Å². The van der Waals surface area contributed by atoms with E-state index in [0.717, 1.165) is 0 Å². The van der Waals surface area contributed by atoms with Crippen LogP contribution < -0.4 is 9.47 Å². The van der Waals surface area contributed by atoms with Gasteiger partial charge in [-0.3, -0.25) is 9.59 Å². The molecule has 1 aliphatic heterocycles. The summed E-state index contributed by atoms with van der Waals surface area (Å²) in [4.78, 5) is 23.2. The van der Waals surface area contributed by atoms with Crippen LogP contribution in [0, 0.1) is 5.82 Å². The predicted octanol–water partition coefficient (Wildman–Crippen LogP) is 3.37. The fraction of sp³-hybridized carbons (Fsp3) is 0.0588. The molecule has 2 aromatic carbocycles. The number of ether oxygens (including phenoxy) is 2. The minimum absolute atomic E-state index is 0.0978. The highest BCUT2D eigenvalue weighted by Gasteiger charge is 2.27. The lowest BCUT2D eigenvalue weighted by Crippen LogP contribution is -2.01. The molecule has 3 rings (SSSR count). The number of hydrogen-bond acceptors (Lipinski definition) is 4. The van der Waals surface area contributed by atoms with E-state index in [0.29, 0.717) is 22.6 Å². The Kier molecular flexibility index (Phi) is 3.47. The maximum Gasteiger partial charge on any atom is 0.308 e. The summed E-state index contributed by atoms with van der Waals surface area (Å²) in [6.45, 7) is 1.29. The Hall–Kier alpha value is -2.95. The normalized spacial score (nSPS) is 14.6. The Morgan fingerprint density at radius 3 is 2.77 bits per heavy atom. The molecule has 1 aliphatic rings. The summed E-state index contributed by atoms with van der Waals surface area (Å²) in [7, 11) is 0. The van der Waals surface area contributed by atoms with Gasteiger partial charge in [-0.2, -0.15) is 0 Å². The number of carbonyl (C=O) groups excluding carboxylic acids is 2. The topological polar surface area (TPSA) is 52.6 Å². The van der Waals surface area contributed by atoms with E-state index in [-0.39, 0.29) is 11.5 Å². The molecule has 0 bridgehead atoms. The van der Waals surface area contributed by atoms with Crippen LogP contribution in [0.3, 0.4) is 0 Å². The highest BCUT2D eigenvalue weighted by molar-refractivity contribution is 6.14. The van der Waals surface area contributed by atoms with Crippen molar-refractivity contribution in [2.75, 3.05) is 0 Å². The van der Waals surface area contributed by atoms with Gasteiger partial charge >= 0.3 is 5.97 Å². The van der Waals surface area contributed by atoms with Crippen LogP contribution in [0.4, 0.5) is 4.39 Å². The van der Waals surface area contributed by atoms with Gasteiger partial charge in [0.25, 0.3) is 0 Å². The quantitative estimate of drug-likeness (QED) is 0.484. The van der Waals surface area contributed by atoms with Gasteiger partial charge in [0.1, 0.15) is 17.3 Å². The SMILES string of the molecule is CC(=O)Oc1ccc2c(c1)O/C(=C/c1cccc(F)c1)C2=O. The summed E-state index contributed by atoms with van der Waals surface area (Å²) in [5.41, 5.74) is 0.898. The zero-order valence-corrected chi connectivity index (χ0v) is 11.6. The summed E-state index contributed by atoms with van der Waals surface area (Å²) < 4.78 is 23.6. The molecule has 5 heteroatoms. The molecule has 0 fully saturated rings. The third kappa shape index (κ3) is 2.74. The van der Waals surface area contributed by atoms with Gasteiger partial charge in [-0.15, -0.1) is 0 Å². The van der Waals surface area contributed by atoms with E-state index < -0.39 is 11.8 Å². The van der Waals surface area contributed by atoms with Gasteiger partial charge in [-0.25, -0.2) is 4.39 Å². The van der Waals surface area contributed by atoms with E-state index in [9.17, 15) is 14.0 Å². The minimum Gasteiger partial charge on any atom is -0.452 e. The van der Waals surface area contributed by atoms with Crippen LogP contribution in [0.15, 0.2) is 48.2 Å². The van der Waals surface area contributed by atoms with Crippen molar-refractivity contribution >= 4 is 17.8 Å². The van der Waals surface area contributed by atoms with Crippen LogP contribution in [0.25, 0.3) is 6.08 Å². The number of allylic oxidation sites excluding steroid dienone is 1. The number of rotatable bonds is 2. The van der Waals surface area contributed by atoms with Crippen molar-refractivity contribution < 1.29 is 23.5 Å². The second kappa shape index (κ2) is 5.44. The standard InChI is InChI=1S/C17H11FO4/c1-10(19)21-13-5-6-14-15(9-13)22-16(17(14)20)8-11-3-2-4-12(18)7-11/h2-9H,1H3/b16-8+. The van der Waals surface area contributed by atoms with E-state index in [1.807, 2.05) is 0 Å². The van der Waals surface area contributed by atoms with Gasteiger partial charge in [0, 0.05) is 13.0 Å². The molecular formula is C17H11FO4. The summed E-state index contributed by atoms with van der Waals surface area (Å²) in [6, 6.07) is 10.4. The van der Waals surface area contributed by atoms with Crippen LogP contribution in [0.1, 0.15) is 22.8 Å². The molecule has 0 amide bonds. The highest BCUT2D eigenvalue weighted by Crippen LogP contribution is 2.34. The molecule has 110 valence electrons. The monoisotopic (exact) mass is 298 g/mol. The molecule has 0 unspecified atom stereocenters. The largest absolute Gasteiger partial charge is 0.452 e. The molecule has 0 radical (unpaired) electrons. The van der Waals surface area contributed by atoms with Crippen LogP contribution in [0.2, 0.25) is 0 Å². The summed E-state index contributed by atoms with van der Waals surface area (Å²) in [5, 5.41) is 0. The second-order valence-corrected chi connectivity index (χ2v) is 4.75. The van der Waals surface area contributed by atoms with Crippen molar-refractivity contribution in [3.63, 3.8) is 0 Å². The molecule has 0 saturated carbocycles. The number of carbonyl (C=O) groups is 2. The summed E-state index contributed by atoms with van der Waals surface area (Å²) >= 11 is 0. The third-order valence-electron chi connectivity index (χ3n) is 3.05. The van der Waals surface area contributed by atoms with Gasteiger partial charge in [-0.1, -0.05) is 12.1 Å². The predicted molar refractivity (Wildman–Crippen MR) is 77.1 cm³/mol. The molecule has 0 aromatic heterocycles. The fourth-order valence-electron chi connectivity index (χ4n) is 2.14. The lowest BCUT2D eigenvalue weighted by Gasteiger charge is -2.02. The van der Waals surface area contributed by atoms with Gasteiger partial charge < -0.3 is 9.47 Å². The van der Waals surface area contributed by atoms with Crippen LogP contribution in [-0.4, -0.2) is 11.8 Å². The lowest BCUT2D eigenvalue weighted by atomic mass is 10.1. The minimum atomic E-state index is -0.459. The van der Waals surface area contributed by atoms with Crippen molar-refractivity contribution in [2.45, 2.75) is 6.92 Å². The number of benzene rings is 2. The summed E-state index contributed by atoms with van der Waals surface area (Å²) in [6.07, 6.45) is 1.47. The number of Topliss-reactive ketones (excluding diaryl/α,β-unsaturated/α-hetero) is 1. The zero-order valence-electron chi connectivity index (χ0n) is 11.6. The van der Waals surface area contributed by atoms with E-state index >= 15 is 0 Å². The maximum atomic E-state index is 13.2. The number of fused-ring (bicyclic) bond motifs is 1. The van der Waals surface area contributed by atoms with Crippen LogP contribution in [0.5, 0.6) is 11.5 Å². The number of esters is 1. The second-order valence-electron chi connectivity index (χ2n) is 4.75. The van der Waals surface area contributed by atoms with Gasteiger partial charge in [0.15, 0.2) is 5.76 Å². The number of halogens is 1. The Morgan fingerprint density at radius 2 is 2.05 bits per heavy atom. The van der Waals surface area contributed by atoms with Gasteiger partial charge in [0.2, 0.25) is 5.78 Å². The Bertz CT molecular complexity index is 808. The molecule has 1 heterocycles. The fourth-order valence-corrected chi connectivity index (χ4v) is 2.14. The molecule has 0 saturated heterocycles. The van der Waals surface area contributed by atoms with Crippen LogP contribution >= 0.6 is 0 Å². The molecule has 22 heavy (non-hydrogen) atoms. The van der Waals surface area contributed by atoms with E-state index in [1.165, 1.54) is 43.3 Å². The van der Waals surface area contributed by atoms with Gasteiger partial charge in [0.05, 0.1) is 5.56 Å². The highest BCUT2D eigenvalue weighted by atomic mass is 19.1. The van der Waals surface area contributed by atoms with Crippen LogP contribution in [-0.2, 0) is 4.79 Å². The van der Waals surface area contributed by atoms with Crippen molar-refractivity contribution in [3.8, 4) is 11.5 Å². The molecule has 0 aliphatic carbocycles. The average molecular weight is 298 g/mol. The number of ketones is 1. The van der Waals surface area contributed by atoms with Crippen molar-refractivity contribution in [1.29, 1.82) is 0 Å². The van der Waals surface area contributed by atoms with Crippen molar-refractivity contribution in [1.82, 2.24) is 0 Å². The first-order chi connectivity index (χ1) is 10.5. The molecule has 0 N–H and O–H groups in total.